The highest BCUT2D eigenvalue weighted by Crippen LogP contribution is 2.46. The summed E-state index contributed by atoms with van der Waals surface area (Å²) in [6, 6.07) is 4.34. The molecule has 1 atom stereocenters. The van der Waals surface area contributed by atoms with E-state index in [1.807, 2.05) is 0 Å². The molecule has 3 heterocycles. The van der Waals surface area contributed by atoms with E-state index in [-0.39, 0.29) is 34.1 Å². The number of nitrogens with one attached hydrogen (secondary N) is 1. The van der Waals surface area contributed by atoms with Crippen LogP contribution in [0.5, 0.6) is 0 Å². The third-order valence-corrected chi connectivity index (χ3v) is 6.99. The van der Waals surface area contributed by atoms with Crippen molar-refractivity contribution < 1.29 is 22.3 Å². The molecule has 0 unspecified atom stereocenters. The van der Waals surface area contributed by atoms with E-state index in [1.54, 1.807) is 0 Å². The van der Waals surface area contributed by atoms with Gasteiger partial charge in [-0.2, -0.15) is 0 Å². The van der Waals surface area contributed by atoms with Crippen LogP contribution >= 0.6 is 15.9 Å². The fraction of sp³-hybridized carbons (Fsp3) is 0.312. The quantitative estimate of drug-likeness (QED) is 0.763. The number of carbonyl (C=O) groups is 1. The summed E-state index contributed by atoms with van der Waals surface area (Å²) in [7, 11) is -3.46. The molecule has 5 nitrogen and oxygen atoms in total. The Bertz CT molecular complexity index is 935. The van der Waals surface area contributed by atoms with Gasteiger partial charge >= 0.3 is 0 Å². The van der Waals surface area contributed by atoms with E-state index in [1.165, 1.54) is 18.2 Å². The van der Waals surface area contributed by atoms with Gasteiger partial charge in [0.25, 0.3) is 0 Å². The van der Waals surface area contributed by atoms with Crippen LogP contribution in [-0.2, 0) is 19.4 Å². The zero-order valence-corrected chi connectivity index (χ0v) is 14.8. The Kier molecular flexibility index (Phi) is 3.67. The van der Waals surface area contributed by atoms with Crippen molar-refractivity contribution in [2.45, 2.75) is 12.3 Å². The zero-order valence-electron chi connectivity index (χ0n) is 12.4. The number of allylic oxidation sites excluding steroid dienone is 2. The summed E-state index contributed by atoms with van der Waals surface area (Å²) >= 11 is 3.14. The minimum absolute atomic E-state index is 0.0130. The lowest BCUT2D eigenvalue weighted by Crippen LogP contribution is -2.36. The molecule has 0 saturated heterocycles. The van der Waals surface area contributed by atoms with Crippen molar-refractivity contribution in [1.29, 1.82) is 0 Å². The Hall–Kier alpha value is -1.51. The third-order valence-electron chi connectivity index (χ3n) is 4.49. The van der Waals surface area contributed by atoms with Gasteiger partial charge in [0.15, 0.2) is 15.6 Å². The van der Waals surface area contributed by atoms with Crippen molar-refractivity contribution in [2.24, 2.45) is 0 Å². The first kappa shape index (κ1) is 16.0. The molecule has 0 aliphatic carbocycles. The normalized spacial score (nSPS) is 25.4. The highest BCUT2D eigenvalue weighted by Gasteiger charge is 2.44. The van der Waals surface area contributed by atoms with E-state index in [4.69, 9.17) is 4.74 Å². The van der Waals surface area contributed by atoms with Crippen LogP contribution in [0.1, 0.15) is 17.9 Å². The van der Waals surface area contributed by atoms with Crippen LogP contribution in [0.3, 0.4) is 0 Å². The van der Waals surface area contributed by atoms with E-state index in [0.717, 1.165) is 0 Å². The maximum absolute atomic E-state index is 13.6. The zero-order chi connectivity index (χ0) is 17.1. The van der Waals surface area contributed by atoms with Crippen LogP contribution in [0, 0.1) is 5.82 Å². The molecule has 3 aliphatic rings. The van der Waals surface area contributed by atoms with Crippen molar-refractivity contribution in [1.82, 2.24) is 5.32 Å². The van der Waals surface area contributed by atoms with Crippen LogP contribution in [0.4, 0.5) is 4.39 Å². The molecule has 0 spiro atoms. The largest absolute Gasteiger partial charge is 0.367 e. The second-order valence-electron chi connectivity index (χ2n) is 5.95. The fourth-order valence-corrected chi connectivity index (χ4v) is 5.70. The Balaban J connectivity index is 1.96. The van der Waals surface area contributed by atoms with Gasteiger partial charge in [-0.05, 0) is 33.6 Å². The molecule has 126 valence electrons. The topological polar surface area (TPSA) is 72.5 Å². The van der Waals surface area contributed by atoms with Gasteiger partial charge in [0, 0.05) is 23.4 Å². The number of dihydropyridines is 1. The van der Waals surface area contributed by atoms with E-state index in [0.29, 0.717) is 29.0 Å². The average molecular weight is 414 g/mol. The van der Waals surface area contributed by atoms with Crippen LogP contribution in [0.15, 0.2) is 44.5 Å². The number of halogens is 2. The number of ether oxygens (including phenoxy) is 1. The lowest BCUT2D eigenvalue weighted by molar-refractivity contribution is -0.121. The lowest BCUT2D eigenvalue weighted by atomic mass is 9.83. The van der Waals surface area contributed by atoms with Crippen molar-refractivity contribution in [3.63, 3.8) is 0 Å². The predicted molar refractivity (Wildman–Crippen MR) is 88.3 cm³/mol. The molecule has 0 aromatic heterocycles. The highest BCUT2D eigenvalue weighted by atomic mass is 79.9. The van der Waals surface area contributed by atoms with E-state index in [9.17, 15) is 17.6 Å². The maximum atomic E-state index is 13.6. The first-order valence-corrected chi connectivity index (χ1v) is 9.85. The number of benzene rings is 1. The van der Waals surface area contributed by atoms with Gasteiger partial charge < -0.3 is 10.1 Å². The number of ketones is 1. The molecular weight excluding hydrogens is 401 g/mol. The first-order valence-electron chi connectivity index (χ1n) is 7.40. The number of sulfone groups is 1. The Labute approximate surface area is 146 Å². The molecule has 4 rings (SSSR count). The lowest BCUT2D eigenvalue weighted by Gasteiger charge is -2.33. The van der Waals surface area contributed by atoms with E-state index in [2.05, 4.69) is 21.2 Å². The smallest absolute Gasteiger partial charge is 0.187 e. The molecule has 3 aliphatic heterocycles. The number of Topliss-reactive ketones (excluding diaryl/α,β-unsaturated/α-hetero) is 1. The van der Waals surface area contributed by atoms with Crippen molar-refractivity contribution in [2.75, 3.05) is 19.0 Å². The summed E-state index contributed by atoms with van der Waals surface area (Å²) in [5.41, 5.74) is 2.19. The summed E-state index contributed by atoms with van der Waals surface area (Å²) in [4.78, 5) is 12.7. The van der Waals surface area contributed by atoms with Crippen LogP contribution in [0.25, 0.3) is 0 Å². The molecule has 0 saturated carbocycles. The minimum atomic E-state index is -3.46. The van der Waals surface area contributed by atoms with Gasteiger partial charge in [0.05, 0.1) is 27.7 Å². The summed E-state index contributed by atoms with van der Waals surface area (Å²) in [5, 5.41) is 3.08. The first-order chi connectivity index (χ1) is 11.4. The molecule has 8 heteroatoms. The Morgan fingerprint density at radius 2 is 2.04 bits per heavy atom. The van der Waals surface area contributed by atoms with Crippen molar-refractivity contribution >= 4 is 31.6 Å². The van der Waals surface area contributed by atoms with E-state index >= 15 is 0 Å². The van der Waals surface area contributed by atoms with Crippen molar-refractivity contribution in [3.8, 4) is 0 Å². The van der Waals surface area contributed by atoms with E-state index < -0.39 is 21.6 Å². The number of carbonyl (C=O) groups excluding carboxylic acids is 1. The van der Waals surface area contributed by atoms with Gasteiger partial charge in [0.1, 0.15) is 12.4 Å². The summed E-state index contributed by atoms with van der Waals surface area (Å²) in [6.07, 6.45) is 0.376. The SMILES string of the molecule is O=C1COCC2=C1[C@H](c1ccc(F)c(Br)c1)C1=C(CCS1(=O)=O)N2. The predicted octanol–water partition coefficient (Wildman–Crippen LogP) is 2.16. The highest BCUT2D eigenvalue weighted by molar-refractivity contribution is 9.10. The monoisotopic (exact) mass is 413 g/mol. The molecule has 1 aromatic rings. The van der Waals surface area contributed by atoms with Gasteiger partial charge in [0.2, 0.25) is 0 Å². The molecule has 0 fully saturated rings. The molecule has 0 amide bonds. The third kappa shape index (κ3) is 2.35. The van der Waals surface area contributed by atoms with Crippen LogP contribution < -0.4 is 5.32 Å². The van der Waals surface area contributed by atoms with Gasteiger partial charge in [-0.3, -0.25) is 4.79 Å². The van der Waals surface area contributed by atoms with Crippen molar-refractivity contribution in [3.05, 3.63) is 55.9 Å². The average Bonchev–Trinajstić information content (AvgIpc) is 2.84. The van der Waals surface area contributed by atoms with Crippen LogP contribution in [0.2, 0.25) is 0 Å². The fourth-order valence-electron chi connectivity index (χ4n) is 3.47. The summed E-state index contributed by atoms with van der Waals surface area (Å²) in [5.74, 6) is -1.39. The molecule has 0 radical (unpaired) electrons. The second kappa shape index (κ2) is 5.50. The summed E-state index contributed by atoms with van der Waals surface area (Å²) in [6.45, 7) is 0.152. The maximum Gasteiger partial charge on any atom is 0.187 e. The molecule has 0 bridgehead atoms. The number of rotatable bonds is 1. The molecule has 24 heavy (non-hydrogen) atoms. The van der Waals surface area contributed by atoms with Crippen LogP contribution in [-0.4, -0.2) is 33.2 Å². The van der Waals surface area contributed by atoms with Gasteiger partial charge in [-0.15, -0.1) is 0 Å². The second-order valence-corrected chi connectivity index (χ2v) is 8.88. The number of hydrogen-bond acceptors (Lipinski definition) is 5. The van der Waals surface area contributed by atoms with Gasteiger partial charge in [-0.1, -0.05) is 6.07 Å². The Morgan fingerprint density at radius 1 is 1.25 bits per heavy atom. The Morgan fingerprint density at radius 3 is 2.79 bits per heavy atom. The molecular formula is C16H13BrFNO4S. The molecule has 1 N–H and O–H groups in total. The van der Waals surface area contributed by atoms with Gasteiger partial charge in [-0.25, -0.2) is 12.8 Å². The number of hydrogen-bond donors (Lipinski definition) is 1. The standard InChI is InChI=1S/C16H13BrFNO4S/c17-9-5-8(1-2-10(9)18)14-15-12(6-23-7-13(15)20)19-11-3-4-24(21,22)16(11)14/h1-2,5,14,19H,3-4,6-7H2/t14-/m0/s1. The molecule has 1 aromatic carbocycles. The summed E-state index contributed by atoms with van der Waals surface area (Å²) < 4.78 is 44.2. The minimum Gasteiger partial charge on any atom is -0.367 e.